The van der Waals surface area contributed by atoms with Crippen LogP contribution in [0.4, 0.5) is 20.6 Å². The molecule has 33 heavy (non-hydrogen) atoms. The Labute approximate surface area is 191 Å². The van der Waals surface area contributed by atoms with Gasteiger partial charge in [-0.25, -0.2) is 9.18 Å². The molecule has 0 saturated carbocycles. The molecule has 4 rings (SSSR count). The highest BCUT2D eigenvalue weighted by molar-refractivity contribution is 6.06. The molecule has 0 unspecified atom stereocenters. The Morgan fingerprint density at radius 1 is 0.909 bits per heavy atom. The molecular formula is C25H24FN3O4. The highest BCUT2D eigenvalue weighted by Gasteiger charge is 2.20. The van der Waals surface area contributed by atoms with Gasteiger partial charge in [-0.15, -0.1) is 0 Å². The zero-order valence-electron chi connectivity index (χ0n) is 17.9. The van der Waals surface area contributed by atoms with Crippen molar-refractivity contribution in [2.24, 2.45) is 0 Å². The van der Waals surface area contributed by atoms with E-state index >= 15 is 0 Å². The lowest BCUT2D eigenvalue weighted by Gasteiger charge is -2.34. The highest BCUT2D eigenvalue weighted by atomic mass is 19.1. The number of hydrogen-bond acceptors (Lipinski definition) is 4. The van der Waals surface area contributed by atoms with Crippen LogP contribution in [0.15, 0.2) is 72.8 Å². The second-order valence-electron chi connectivity index (χ2n) is 7.67. The Kier molecular flexibility index (Phi) is 6.73. The van der Waals surface area contributed by atoms with Crippen molar-refractivity contribution in [1.82, 2.24) is 4.90 Å². The van der Waals surface area contributed by atoms with E-state index in [4.69, 9.17) is 9.84 Å². The Balaban J connectivity index is 1.37. The quantitative estimate of drug-likeness (QED) is 0.581. The normalized spacial score (nSPS) is 13.5. The fourth-order valence-corrected chi connectivity index (χ4v) is 3.63. The van der Waals surface area contributed by atoms with Gasteiger partial charge in [0, 0.05) is 37.6 Å². The van der Waals surface area contributed by atoms with E-state index in [9.17, 15) is 14.0 Å². The number of carbonyl (C=O) groups is 2. The number of hydrogen-bond donors (Lipinski definition) is 2. The maximum atomic E-state index is 13.1. The highest BCUT2D eigenvalue weighted by Crippen LogP contribution is 2.23. The first kappa shape index (κ1) is 22.1. The van der Waals surface area contributed by atoms with Crippen LogP contribution in [0.1, 0.15) is 15.9 Å². The van der Waals surface area contributed by atoms with Crippen molar-refractivity contribution in [3.05, 3.63) is 89.7 Å². The lowest BCUT2D eigenvalue weighted by atomic mass is 10.1. The van der Waals surface area contributed by atoms with Crippen molar-refractivity contribution in [3.63, 3.8) is 0 Å². The van der Waals surface area contributed by atoms with Crippen molar-refractivity contribution >= 4 is 23.4 Å². The lowest BCUT2D eigenvalue weighted by Crippen LogP contribution is -2.48. The Bertz CT molecular complexity index is 1110. The van der Waals surface area contributed by atoms with Crippen LogP contribution >= 0.6 is 0 Å². The number of nitrogens with one attached hydrogen (secondary N) is 1. The minimum absolute atomic E-state index is 0.217. The molecule has 3 aromatic rings. The summed E-state index contributed by atoms with van der Waals surface area (Å²) in [6.45, 7) is 2.38. The third-order valence-corrected chi connectivity index (χ3v) is 5.48. The molecule has 1 aliphatic rings. The van der Waals surface area contributed by atoms with Crippen LogP contribution in [-0.4, -0.2) is 48.2 Å². The largest absolute Gasteiger partial charge is 0.488 e. The lowest BCUT2D eigenvalue weighted by molar-refractivity contribution is 0.102. The van der Waals surface area contributed by atoms with Crippen LogP contribution in [0, 0.1) is 5.82 Å². The van der Waals surface area contributed by atoms with Crippen LogP contribution in [0.25, 0.3) is 0 Å². The predicted octanol–water partition coefficient (Wildman–Crippen LogP) is 4.46. The van der Waals surface area contributed by atoms with Crippen molar-refractivity contribution in [1.29, 1.82) is 0 Å². The number of nitrogens with zero attached hydrogens (tertiary/aromatic N) is 2. The van der Waals surface area contributed by atoms with E-state index in [1.54, 1.807) is 36.4 Å². The van der Waals surface area contributed by atoms with E-state index in [0.29, 0.717) is 43.2 Å². The van der Waals surface area contributed by atoms with Gasteiger partial charge in [0.1, 0.15) is 18.2 Å². The number of carboxylic acid groups (broad SMARTS) is 1. The molecule has 0 radical (unpaired) electrons. The molecule has 1 saturated heterocycles. The van der Waals surface area contributed by atoms with Gasteiger partial charge in [-0.1, -0.05) is 24.3 Å². The molecule has 0 bridgehead atoms. The molecule has 1 fully saturated rings. The van der Waals surface area contributed by atoms with Gasteiger partial charge in [0.05, 0.1) is 5.56 Å². The first-order valence-corrected chi connectivity index (χ1v) is 10.6. The first-order valence-electron chi connectivity index (χ1n) is 10.6. The van der Waals surface area contributed by atoms with Gasteiger partial charge in [-0.05, 0) is 54.1 Å². The number of anilines is 2. The fourth-order valence-electron chi connectivity index (χ4n) is 3.63. The van der Waals surface area contributed by atoms with Crippen LogP contribution in [0.3, 0.4) is 0 Å². The molecule has 1 heterocycles. The molecule has 170 valence electrons. The molecule has 1 aliphatic heterocycles. The maximum absolute atomic E-state index is 13.1. The molecule has 0 atom stereocenters. The van der Waals surface area contributed by atoms with Crippen molar-refractivity contribution in [2.45, 2.75) is 6.61 Å². The maximum Gasteiger partial charge on any atom is 0.407 e. The van der Waals surface area contributed by atoms with Gasteiger partial charge in [0.15, 0.2) is 0 Å². The third kappa shape index (κ3) is 5.60. The van der Waals surface area contributed by atoms with E-state index < -0.39 is 6.09 Å². The van der Waals surface area contributed by atoms with Crippen molar-refractivity contribution in [2.75, 3.05) is 36.4 Å². The number of halogens is 1. The van der Waals surface area contributed by atoms with E-state index in [1.165, 1.54) is 17.0 Å². The molecular weight excluding hydrogens is 425 g/mol. The monoisotopic (exact) mass is 449 g/mol. The summed E-state index contributed by atoms with van der Waals surface area (Å²) in [5, 5.41) is 12.0. The minimum atomic E-state index is -0.894. The minimum Gasteiger partial charge on any atom is -0.488 e. The first-order chi connectivity index (χ1) is 16.0. The van der Waals surface area contributed by atoms with E-state index in [-0.39, 0.29) is 18.3 Å². The van der Waals surface area contributed by atoms with Crippen LogP contribution in [-0.2, 0) is 6.61 Å². The summed E-state index contributed by atoms with van der Waals surface area (Å²) >= 11 is 0. The molecule has 2 N–H and O–H groups in total. The van der Waals surface area contributed by atoms with Gasteiger partial charge in [0.25, 0.3) is 5.91 Å². The van der Waals surface area contributed by atoms with Crippen LogP contribution in [0.5, 0.6) is 5.75 Å². The average molecular weight is 449 g/mol. The molecule has 3 aromatic carbocycles. The second kappa shape index (κ2) is 10.0. The van der Waals surface area contributed by atoms with E-state index in [2.05, 4.69) is 10.2 Å². The van der Waals surface area contributed by atoms with Gasteiger partial charge < -0.3 is 25.0 Å². The number of para-hydroxylation sites is 1. The van der Waals surface area contributed by atoms with E-state index in [1.807, 2.05) is 24.3 Å². The molecule has 2 amide bonds. The average Bonchev–Trinajstić information content (AvgIpc) is 2.84. The molecule has 0 aromatic heterocycles. The van der Waals surface area contributed by atoms with Crippen molar-refractivity contribution in [3.8, 4) is 5.75 Å². The van der Waals surface area contributed by atoms with Crippen LogP contribution < -0.4 is 15.0 Å². The summed E-state index contributed by atoms with van der Waals surface area (Å²) in [6, 6.07) is 20.4. The van der Waals surface area contributed by atoms with Gasteiger partial charge in [-0.2, -0.15) is 0 Å². The Hall–Kier alpha value is -4.07. The van der Waals surface area contributed by atoms with Gasteiger partial charge in [-0.3, -0.25) is 4.79 Å². The summed E-state index contributed by atoms with van der Waals surface area (Å²) < 4.78 is 18.9. The smallest absolute Gasteiger partial charge is 0.407 e. The number of carbonyl (C=O) groups excluding carboxylic acids is 1. The van der Waals surface area contributed by atoms with Gasteiger partial charge >= 0.3 is 6.09 Å². The molecule has 0 spiro atoms. The van der Waals surface area contributed by atoms with E-state index in [0.717, 1.165) is 11.3 Å². The summed E-state index contributed by atoms with van der Waals surface area (Å²) in [7, 11) is 0. The third-order valence-electron chi connectivity index (χ3n) is 5.48. The van der Waals surface area contributed by atoms with Crippen LogP contribution in [0.2, 0.25) is 0 Å². The standard InChI is InChI=1S/C25H24FN3O4/c26-19-7-5-18(6-8-19)17-33-23-4-2-1-3-22(23)24(30)27-20-9-11-21(12-10-20)28-13-15-29(16-14-28)25(31)32/h1-12H,13-17H2,(H,27,30)(H,31,32). The number of amides is 2. The summed E-state index contributed by atoms with van der Waals surface area (Å²) in [5.41, 5.74) is 2.81. The number of ether oxygens (including phenoxy) is 1. The zero-order valence-corrected chi connectivity index (χ0v) is 17.9. The summed E-state index contributed by atoms with van der Waals surface area (Å²) in [4.78, 5) is 27.4. The fraction of sp³-hybridized carbons (Fsp3) is 0.200. The molecule has 0 aliphatic carbocycles. The second-order valence-corrected chi connectivity index (χ2v) is 7.67. The number of rotatable bonds is 6. The zero-order chi connectivity index (χ0) is 23.2. The topological polar surface area (TPSA) is 82.1 Å². The molecule has 8 heteroatoms. The Morgan fingerprint density at radius 2 is 1.58 bits per heavy atom. The predicted molar refractivity (Wildman–Crippen MR) is 123 cm³/mol. The summed E-state index contributed by atoms with van der Waals surface area (Å²) in [6.07, 6.45) is -0.894. The summed E-state index contributed by atoms with van der Waals surface area (Å²) in [5.74, 6) is -0.174. The number of benzene rings is 3. The Morgan fingerprint density at radius 3 is 2.24 bits per heavy atom. The number of piperazine rings is 1. The van der Waals surface area contributed by atoms with Gasteiger partial charge in [0.2, 0.25) is 0 Å². The molecule has 7 nitrogen and oxygen atoms in total. The SMILES string of the molecule is O=C(Nc1ccc(N2CCN(C(=O)O)CC2)cc1)c1ccccc1OCc1ccc(F)cc1. The van der Waals surface area contributed by atoms with Crippen molar-refractivity contribution < 1.29 is 23.8 Å².